The summed E-state index contributed by atoms with van der Waals surface area (Å²) in [6, 6.07) is 19.4. The van der Waals surface area contributed by atoms with E-state index in [4.69, 9.17) is 5.73 Å². The molecule has 1 aromatic heterocycles. The molecule has 3 rings (SSSR count). The average molecular weight is 317 g/mol. The Hall–Kier alpha value is -3.47. The molecular weight excluding hydrogens is 302 g/mol. The predicted molar refractivity (Wildman–Crippen MR) is 92.6 cm³/mol. The molecule has 0 radical (unpaired) electrons. The number of benzene rings is 2. The van der Waals surface area contributed by atoms with Gasteiger partial charge < -0.3 is 11.1 Å². The van der Waals surface area contributed by atoms with Gasteiger partial charge in [-0.3, -0.25) is 14.6 Å². The average Bonchev–Trinajstić information content (AvgIpc) is 2.62. The van der Waals surface area contributed by atoms with Crippen molar-refractivity contribution in [1.29, 1.82) is 0 Å². The van der Waals surface area contributed by atoms with E-state index in [0.29, 0.717) is 16.8 Å². The molecule has 0 fully saturated rings. The van der Waals surface area contributed by atoms with Gasteiger partial charge in [-0.1, -0.05) is 30.3 Å². The maximum Gasteiger partial charge on any atom is 0.255 e. The highest BCUT2D eigenvalue weighted by molar-refractivity contribution is 6.04. The molecular formula is C19H15N3O2. The van der Waals surface area contributed by atoms with Gasteiger partial charge in [0.15, 0.2) is 0 Å². The van der Waals surface area contributed by atoms with Crippen molar-refractivity contribution < 1.29 is 9.59 Å². The molecule has 5 nitrogen and oxygen atoms in total. The molecule has 0 aliphatic carbocycles. The van der Waals surface area contributed by atoms with E-state index in [2.05, 4.69) is 10.3 Å². The molecule has 0 bridgehead atoms. The number of aromatic nitrogens is 1. The molecule has 0 unspecified atom stereocenters. The first kappa shape index (κ1) is 15.4. The van der Waals surface area contributed by atoms with E-state index in [-0.39, 0.29) is 5.91 Å². The van der Waals surface area contributed by atoms with Crippen molar-refractivity contribution in [2.45, 2.75) is 0 Å². The van der Waals surface area contributed by atoms with Crippen LogP contribution >= 0.6 is 0 Å². The quantitative estimate of drug-likeness (QED) is 0.775. The monoisotopic (exact) mass is 317 g/mol. The number of carbonyl (C=O) groups excluding carboxylic acids is 2. The van der Waals surface area contributed by atoms with Gasteiger partial charge in [0.1, 0.15) is 0 Å². The molecule has 0 aliphatic rings. The number of primary amides is 1. The van der Waals surface area contributed by atoms with Crippen LogP contribution in [0.4, 0.5) is 5.69 Å². The number of hydrogen-bond acceptors (Lipinski definition) is 3. The number of carbonyl (C=O) groups is 2. The van der Waals surface area contributed by atoms with Crippen molar-refractivity contribution in [2.24, 2.45) is 5.73 Å². The summed E-state index contributed by atoms with van der Waals surface area (Å²) in [5.41, 5.74) is 8.18. The number of nitrogens with two attached hydrogens (primary N) is 1. The van der Waals surface area contributed by atoms with Gasteiger partial charge in [-0.25, -0.2) is 0 Å². The summed E-state index contributed by atoms with van der Waals surface area (Å²) in [6.07, 6.45) is 1.60. The smallest absolute Gasteiger partial charge is 0.255 e. The molecule has 0 saturated heterocycles. The molecule has 3 N–H and O–H groups in total. The Bertz CT molecular complexity index is 875. The highest BCUT2D eigenvalue weighted by Crippen LogP contribution is 2.21. The van der Waals surface area contributed by atoms with Gasteiger partial charge >= 0.3 is 0 Å². The van der Waals surface area contributed by atoms with Crippen LogP contribution in [0.15, 0.2) is 72.9 Å². The molecule has 0 aliphatic heterocycles. The van der Waals surface area contributed by atoms with Crippen LogP contribution in [0.25, 0.3) is 11.3 Å². The van der Waals surface area contributed by atoms with Gasteiger partial charge in [-0.05, 0) is 36.4 Å². The molecule has 118 valence electrons. The van der Waals surface area contributed by atoms with Gasteiger partial charge in [-0.2, -0.15) is 0 Å². The van der Waals surface area contributed by atoms with E-state index in [0.717, 1.165) is 11.3 Å². The normalized spacial score (nSPS) is 10.2. The predicted octanol–water partition coefficient (Wildman–Crippen LogP) is 3.10. The van der Waals surface area contributed by atoms with Crippen molar-refractivity contribution >= 4 is 17.5 Å². The summed E-state index contributed by atoms with van der Waals surface area (Å²) in [5.74, 6) is -0.743. The van der Waals surface area contributed by atoms with Crippen molar-refractivity contribution in [3.8, 4) is 11.3 Å². The Balaban J connectivity index is 1.84. The summed E-state index contributed by atoms with van der Waals surface area (Å²) in [6.45, 7) is 0. The lowest BCUT2D eigenvalue weighted by Gasteiger charge is -2.08. The highest BCUT2D eigenvalue weighted by Gasteiger charge is 2.12. The summed E-state index contributed by atoms with van der Waals surface area (Å²) < 4.78 is 0. The van der Waals surface area contributed by atoms with Crippen LogP contribution in [0.1, 0.15) is 20.7 Å². The fraction of sp³-hybridized carbons (Fsp3) is 0. The summed E-state index contributed by atoms with van der Waals surface area (Å²) >= 11 is 0. The van der Waals surface area contributed by atoms with E-state index in [1.165, 1.54) is 0 Å². The number of para-hydroxylation sites is 1. The third kappa shape index (κ3) is 3.30. The number of rotatable bonds is 4. The highest BCUT2D eigenvalue weighted by atomic mass is 16.2. The Morgan fingerprint density at radius 2 is 1.58 bits per heavy atom. The molecule has 24 heavy (non-hydrogen) atoms. The maximum atomic E-state index is 12.2. The molecule has 0 atom stereocenters. The minimum Gasteiger partial charge on any atom is -0.366 e. The van der Waals surface area contributed by atoms with Crippen LogP contribution < -0.4 is 11.1 Å². The maximum absolute atomic E-state index is 12.2. The zero-order valence-corrected chi connectivity index (χ0v) is 12.8. The fourth-order valence-corrected chi connectivity index (χ4v) is 2.34. The zero-order chi connectivity index (χ0) is 16.9. The van der Waals surface area contributed by atoms with E-state index in [1.54, 1.807) is 42.6 Å². The molecule has 0 saturated carbocycles. The zero-order valence-electron chi connectivity index (χ0n) is 12.8. The second-order valence-electron chi connectivity index (χ2n) is 5.16. The van der Waals surface area contributed by atoms with Crippen molar-refractivity contribution in [3.63, 3.8) is 0 Å². The van der Waals surface area contributed by atoms with Gasteiger partial charge in [0.05, 0.1) is 11.3 Å². The van der Waals surface area contributed by atoms with E-state index in [1.807, 2.05) is 30.3 Å². The third-order valence-corrected chi connectivity index (χ3v) is 3.53. The Labute approximate surface area is 139 Å². The molecule has 0 spiro atoms. The van der Waals surface area contributed by atoms with Crippen LogP contribution in [0.3, 0.4) is 0 Å². The summed E-state index contributed by atoms with van der Waals surface area (Å²) in [5, 5.41) is 2.82. The minimum atomic E-state index is -0.538. The number of amides is 2. The number of anilines is 1. The summed E-state index contributed by atoms with van der Waals surface area (Å²) in [4.78, 5) is 27.9. The van der Waals surface area contributed by atoms with Gasteiger partial charge in [0, 0.05) is 23.0 Å². The third-order valence-electron chi connectivity index (χ3n) is 3.53. The lowest BCUT2D eigenvalue weighted by atomic mass is 10.0. The lowest BCUT2D eigenvalue weighted by molar-refractivity contribution is 0.0997. The number of pyridine rings is 1. The van der Waals surface area contributed by atoms with E-state index < -0.39 is 5.91 Å². The second kappa shape index (κ2) is 6.75. The van der Waals surface area contributed by atoms with Crippen molar-refractivity contribution in [2.75, 3.05) is 5.32 Å². The molecule has 2 aromatic carbocycles. The summed E-state index contributed by atoms with van der Waals surface area (Å²) in [7, 11) is 0. The van der Waals surface area contributed by atoms with Crippen LogP contribution in [0, 0.1) is 0 Å². The number of nitrogens with one attached hydrogen (secondary N) is 1. The molecule has 5 heteroatoms. The molecule has 2 amide bonds. The molecule has 3 aromatic rings. The van der Waals surface area contributed by atoms with Gasteiger partial charge in [0.25, 0.3) is 11.8 Å². The first-order chi connectivity index (χ1) is 11.6. The van der Waals surface area contributed by atoms with Gasteiger partial charge in [-0.15, -0.1) is 0 Å². The molecule has 1 heterocycles. The van der Waals surface area contributed by atoms with Crippen LogP contribution in [-0.4, -0.2) is 16.8 Å². The first-order valence-corrected chi connectivity index (χ1v) is 7.37. The largest absolute Gasteiger partial charge is 0.366 e. The Morgan fingerprint density at radius 3 is 2.25 bits per heavy atom. The second-order valence-corrected chi connectivity index (χ2v) is 5.16. The van der Waals surface area contributed by atoms with Crippen molar-refractivity contribution in [3.05, 3.63) is 84.1 Å². The lowest BCUT2D eigenvalue weighted by Crippen LogP contribution is -2.13. The van der Waals surface area contributed by atoms with Crippen LogP contribution in [0.2, 0.25) is 0 Å². The van der Waals surface area contributed by atoms with Gasteiger partial charge in [0.2, 0.25) is 0 Å². The standard InChI is InChI=1S/C19H15N3O2/c20-18(23)16-7-4-12-21-17(16)13-8-10-14(11-9-13)19(24)22-15-5-2-1-3-6-15/h1-12H,(H2,20,23)(H,22,24). The minimum absolute atomic E-state index is 0.205. The first-order valence-electron chi connectivity index (χ1n) is 7.37. The SMILES string of the molecule is NC(=O)c1cccnc1-c1ccc(C(=O)Nc2ccccc2)cc1. The topological polar surface area (TPSA) is 85.1 Å². The number of hydrogen-bond donors (Lipinski definition) is 2. The van der Waals surface area contributed by atoms with Crippen LogP contribution in [0.5, 0.6) is 0 Å². The van der Waals surface area contributed by atoms with Crippen molar-refractivity contribution in [1.82, 2.24) is 4.98 Å². The Kier molecular flexibility index (Phi) is 4.34. The van der Waals surface area contributed by atoms with E-state index in [9.17, 15) is 9.59 Å². The Morgan fingerprint density at radius 1 is 0.875 bits per heavy atom. The fourth-order valence-electron chi connectivity index (χ4n) is 2.34. The van der Waals surface area contributed by atoms with E-state index >= 15 is 0 Å². The number of nitrogens with zero attached hydrogens (tertiary/aromatic N) is 1. The van der Waals surface area contributed by atoms with Crippen LogP contribution in [-0.2, 0) is 0 Å².